The average Bonchev–Trinajstić information content (AvgIpc) is 2.58. The molecule has 0 saturated carbocycles. The summed E-state index contributed by atoms with van der Waals surface area (Å²) in [5.41, 5.74) is 1.84. The SMILES string of the molecule is N#Cc1ccc(C(=O)NOCCO)c(Cc2ccc(I)cc2F)c1F. The van der Waals surface area contributed by atoms with E-state index < -0.39 is 17.5 Å². The van der Waals surface area contributed by atoms with Crippen molar-refractivity contribution in [2.45, 2.75) is 6.42 Å². The fourth-order valence-electron chi connectivity index (χ4n) is 2.17. The van der Waals surface area contributed by atoms with E-state index in [2.05, 4.69) is 5.48 Å². The number of amides is 1. The number of aliphatic hydroxyl groups is 1. The van der Waals surface area contributed by atoms with Crippen LogP contribution in [0, 0.1) is 26.5 Å². The normalized spacial score (nSPS) is 10.4. The lowest BCUT2D eigenvalue weighted by Crippen LogP contribution is -2.26. The van der Waals surface area contributed by atoms with E-state index in [9.17, 15) is 13.6 Å². The van der Waals surface area contributed by atoms with Gasteiger partial charge in [0.15, 0.2) is 0 Å². The number of benzene rings is 2. The third kappa shape index (κ3) is 4.72. The Balaban J connectivity index is 2.42. The highest BCUT2D eigenvalue weighted by molar-refractivity contribution is 14.1. The highest BCUT2D eigenvalue weighted by atomic mass is 127. The van der Waals surface area contributed by atoms with Gasteiger partial charge in [-0.1, -0.05) is 6.07 Å². The summed E-state index contributed by atoms with van der Waals surface area (Å²) in [5.74, 6) is -2.16. The first kappa shape index (κ1) is 19.2. The Morgan fingerprint density at radius 1 is 1.32 bits per heavy atom. The number of rotatable bonds is 6. The standard InChI is InChI=1S/C17H13F2IN2O3/c18-15-8-12(20)3-1-10(15)7-14-13(17(24)22-25-6-5-23)4-2-11(9-21)16(14)19/h1-4,8,23H,5-7H2,(H,22,24). The van der Waals surface area contributed by atoms with Crippen molar-refractivity contribution < 1.29 is 23.5 Å². The van der Waals surface area contributed by atoms with Gasteiger partial charge in [0, 0.05) is 21.1 Å². The van der Waals surface area contributed by atoms with Gasteiger partial charge >= 0.3 is 0 Å². The number of nitrogens with zero attached hydrogens (tertiary/aromatic N) is 1. The molecule has 0 aliphatic rings. The van der Waals surface area contributed by atoms with E-state index in [-0.39, 0.29) is 41.9 Å². The third-order valence-electron chi connectivity index (χ3n) is 3.35. The van der Waals surface area contributed by atoms with E-state index in [1.165, 1.54) is 24.3 Å². The number of hydrogen-bond acceptors (Lipinski definition) is 4. The maximum atomic E-state index is 14.6. The molecule has 0 radical (unpaired) electrons. The van der Waals surface area contributed by atoms with Crippen LogP contribution in [0.3, 0.4) is 0 Å². The molecule has 2 rings (SSSR count). The molecule has 0 spiro atoms. The number of halogens is 3. The van der Waals surface area contributed by atoms with Crippen molar-refractivity contribution in [2.24, 2.45) is 0 Å². The predicted octanol–water partition coefficient (Wildman–Crippen LogP) is 2.69. The van der Waals surface area contributed by atoms with Crippen molar-refractivity contribution in [3.8, 4) is 6.07 Å². The smallest absolute Gasteiger partial charge is 0.275 e. The first-order chi connectivity index (χ1) is 12.0. The molecule has 25 heavy (non-hydrogen) atoms. The Morgan fingerprint density at radius 3 is 2.72 bits per heavy atom. The van der Waals surface area contributed by atoms with Gasteiger partial charge in [-0.15, -0.1) is 0 Å². The lowest BCUT2D eigenvalue weighted by molar-refractivity contribution is 0.0167. The summed E-state index contributed by atoms with van der Waals surface area (Å²) in [4.78, 5) is 16.9. The van der Waals surface area contributed by atoms with E-state index in [0.29, 0.717) is 3.57 Å². The van der Waals surface area contributed by atoms with Gasteiger partial charge in [0.1, 0.15) is 17.7 Å². The van der Waals surface area contributed by atoms with Crippen molar-refractivity contribution in [3.63, 3.8) is 0 Å². The van der Waals surface area contributed by atoms with Gasteiger partial charge in [-0.2, -0.15) is 5.26 Å². The zero-order valence-electron chi connectivity index (χ0n) is 12.9. The van der Waals surface area contributed by atoms with Gasteiger partial charge in [0.05, 0.1) is 18.8 Å². The molecular weight excluding hydrogens is 445 g/mol. The molecule has 0 bridgehead atoms. The quantitative estimate of drug-likeness (QED) is 0.397. The molecule has 2 aromatic carbocycles. The number of hydroxylamine groups is 1. The van der Waals surface area contributed by atoms with Crippen LogP contribution in [0.1, 0.15) is 27.0 Å². The second-order valence-corrected chi connectivity index (χ2v) is 6.23. The first-order valence-corrected chi connectivity index (χ1v) is 8.24. The Hall–Kier alpha value is -2.09. The topological polar surface area (TPSA) is 82.4 Å². The number of nitriles is 1. The molecule has 0 saturated heterocycles. The molecule has 0 heterocycles. The van der Waals surface area contributed by atoms with Crippen molar-refractivity contribution >= 4 is 28.5 Å². The van der Waals surface area contributed by atoms with Crippen molar-refractivity contribution in [3.05, 3.63) is 67.8 Å². The lowest BCUT2D eigenvalue weighted by Gasteiger charge is -2.13. The summed E-state index contributed by atoms with van der Waals surface area (Å²) in [5, 5.41) is 17.6. The molecule has 0 aliphatic heterocycles. The van der Waals surface area contributed by atoms with Crippen LogP contribution < -0.4 is 5.48 Å². The van der Waals surface area contributed by atoms with Crippen LogP contribution >= 0.6 is 22.6 Å². The Kier molecular flexibility index (Phi) is 6.81. The molecule has 130 valence electrons. The number of aliphatic hydroxyl groups excluding tert-OH is 1. The zero-order chi connectivity index (χ0) is 18.4. The molecule has 0 unspecified atom stereocenters. The summed E-state index contributed by atoms with van der Waals surface area (Å²) < 4.78 is 29.3. The van der Waals surface area contributed by atoms with Crippen molar-refractivity contribution in [1.82, 2.24) is 5.48 Å². The number of hydrogen-bond donors (Lipinski definition) is 2. The van der Waals surface area contributed by atoms with Crippen molar-refractivity contribution in [2.75, 3.05) is 13.2 Å². The largest absolute Gasteiger partial charge is 0.394 e. The van der Waals surface area contributed by atoms with Crippen LogP contribution in [0.2, 0.25) is 0 Å². The Labute approximate surface area is 156 Å². The van der Waals surface area contributed by atoms with Crippen LogP contribution in [0.15, 0.2) is 30.3 Å². The van der Waals surface area contributed by atoms with Gasteiger partial charge < -0.3 is 5.11 Å². The number of nitrogens with one attached hydrogen (secondary N) is 1. The van der Waals surface area contributed by atoms with Crippen LogP contribution in [0.4, 0.5) is 8.78 Å². The second kappa shape index (κ2) is 8.84. The fourth-order valence-corrected chi connectivity index (χ4v) is 2.62. The van der Waals surface area contributed by atoms with Gasteiger partial charge in [-0.05, 0) is 52.4 Å². The summed E-state index contributed by atoms with van der Waals surface area (Å²) in [6, 6.07) is 8.60. The Morgan fingerprint density at radius 2 is 2.08 bits per heavy atom. The molecule has 0 aliphatic carbocycles. The fraction of sp³-hybridized carbons (Fsp3) is 0.176. The van der Waals surface area contributed by atoms with E-state index in [4.69, 9.17) is 15.2 Å². The molecule has 8 heteroatoms. The number of carbonyl (C=O) groups excluding carboxylic acids is 1. The van der Waals surface area contributed by atoms with Gasteiger partial charge in [0.25, 0.3) is 5.91 Å². The van der Waals surface area contributed by atoms with Gasteiger partial charge in [-0.25, -0.2) is 14.3 Å². The maximum Gasteiger partial charge on any atom is 0.275 e. The molecule has 2 N–H and O–H groups in total. The monoisotopic (exact) mass is 458 g/mol. The molecule has 0 atom stereocenters. The molecule has 5 nitrogen and oxygen atoms in total. The predicted molar refractivity (Wildman–Crippen MR) is 93.5 cm³/mol. The molecule has 1 amide bonds. The highest BCUT2D eigenvalue weighted by Crippen LogP contribution is 2.23. The van der Waals surface area contributed by atoms with Gasteiger partial charge in [-0.3, -0.25) is 9.63 Å². The lowest BCUT2D eigenvalue weighted by atomic mass is 9.96. The Bertz CT molecular complexity index is 837. The summed E-state index contributed by atoms with van der Waals surface area (Å²) in [7, 11) is 0. The average molecular weight is 458 g/mol. The van der Waals surface area contributed by atoms with Crippen molar-refractivity contribution in [1.29, 1.82) is 5.26 Å². The summed E-state index contributed by atoms with van der Waals surface area (Å²) in [6.45, 7) is -0.436. The minimum Gasteiger partial charge on any atom is -0.394 e. The van der Waals surface area contributed by atoms with E-state index in [1.54, 1.807) is 12.1 Å². The minimum atomic E-state index is -0.879. The maximum absolute atomic E-state index is 14.6. The molecule has 0 fully saturated rings. The molecule has 0 aromatic heterocycles. The molecular formula is C17H13F2IN2O3. The first-order valence-electron chi connectivity index (χ1n) is 7.16. The third-order valence-corrected chi connectivity index (χ3v) is 4.02. The minimum absolute atomic E-state index is 0.0765. The van der Waals surface area contributed by atoms with Crippen LogP contribution in [-0.4, -0.2) is 24.2 Å². The van der Waals surface area contributed by atoms with Crippen LogP contribution in [-0.2, 0) is 11.3 Å². The van der Waals surface area contributed by atoms with Crippen LogP contribution in [0.25, 0.3) is 0 Å². The second-order valence-electron chi connectivity index (χ2n) is 4.98. The summed E-state index contributed by atoms with van der Waals surface area (Å²) in [6.07, 6.45) is -0.202. The summed E-state index contributed by atoms with van der Waals surface area (Å²) >= 11 is 1.95. The number of carbonyl (C=O) groups is 1. The van der Waals surface area contributed by atoms with E-state index in [1.807, 2.05) is 22.6 Å². The zero-order valence-corrected chi connectivity index (χ0v) is 15.0. The van der Waals surface area contributed by atoms with E-state index >= 15 is 0 Å². The van der Waals surface area contributed by atoms with Gasteiger partial charge in [0.2, 0.25) is 0 Å². The van der Waals surface area contributed by atoms with Crippen LogP contribution in [0.5, 0.6) is 0 Å². The van der Waals surface area contributed by atoms with E-state index in [0.717, 1.165) is 0 Å². The molecule has 2 aromatic rings. The highest BCUT2D eigenvalue weighted by Gasteiger charge is 2.20.